The second kappa shape index (κ2) is 7.77. The first kappa shape index (κ1) is 18.9. The number of ether oxygens (including phenoxy) is 1. The Morgan fingerprint density at radius 3 is 2.69 bits per heavy atom. The van der Waals surface area contributed by atoms with E-state index < -0.39 is 16.3 Å². The SMILES string of the molecule is CCOC(=O)C1CCN(S(=O)(=O)N[C@@H](C)c2cc3ccccc3o2)CC1. The van der Waals surface area contributed by atoms with Crippen molar-refractivity contribution in [2.75, 3.05) is 19.7 Å². The molecule has 0 aliphatic carbocycles. The highest BCUT2D eigenvalue weighted by Gasteiger charge is 2.32. The van der Waals surface area contributed by atoms with Crippen LogP contribution in [-0.4, -0.2) is 38.4 Å². The highest BCUT2D eigenvalue weighted by Crippen LogP contribution is 2.25. The maximum Gasteiger partial charge on any atom is 0.309 e. The third-order valence-electron chi connectivity index (χ3n) is 4.61. The molecule has 1 aromatic carbocycles. The van der Waals surface area contributed by atoms with E-state index in [1.807, 2.05) is 30.3 Å². The van der Waals surface area contributed by atoms with Gasteiger partial charge in [0.15, 0.2) is 0 Å². The highest BCUT2D eigenvalue weighted by molar-refractivity contribution is 7.87. The van der Waals surface area contributed by atoms with Crippen molar-refractivity contribution in [1.82, 2.24) is 9.03 Å². The van der Waals surface area contributed by atoms with Crippen molar-refractivity contribution >= 4 is 27.1 Å². The maximum absolute atomic E-state index is 12.6. The number of carbonyl (C=O) groups excluding carboxylic acids is 1. The van der Waals surface area contributed by atoms with E-state index in [0.717, 1.165) is 11.0 Å². The first-order valence-corrected chi connectivity index (χ1v) is 10.3. The van der Waals surface area contributed by atoms with E-state index in [0.29, 0.717) is 38.3 Å². The molecule has 0 saturated carbocycles. The average Bonchev–Trinajstić information content (AvgIpc) is 3.06. The molecular weight excluding hydrogens is 356 g/mol. The Hall–Kier alpha value is -1.90. The van der Waals surface area contributed by atoms with E-state index in [1.165, 1.54) is 4.31 Å². The lowest BCUT2D eigenvalue weighted by molar-refractivity contribution is -0.149. The van der Waals surface area contributed by atoms with Crippen LogP contribution in [0.15, 0.2) is 34.7 Å². The lowest BCUT2D eigenvalue weighted by atomic mass is 9.98. The van der Waals surface area contributed by atoms with Crippen LogP contribution >= 0.6 is 0 Å². The Balaban J connectivity index is 1.62. The smallest absolute Gasteiger partial charge is 0.309 e. The summed E-state index contributed by atoms with van der Waals surface area (Å²) in [6.45, 7) is 4.45. The van der Waals surface area contributed by atoms with Crippen molar-refractivity contribution in [1.29, 1.82) is 0 Å². The minimum absolute atomic E-state index is 0.228. The summed E-state index contributed by atoms with van der Waals surface area (Å²) in [6, 6.07) is 8.90. The molecule has 2 aromatic rings. The molecule has 0 bridgehead atoms. The molecule has 7 nitrogen and oxygen atoms in total. The zero-order valence-electron chi connectivity index (χ0n) is 15.0. The number of rotatable bonds is 6. The summed E-state index contributed by atoms with van der Waals surface area (Å²) in [5.74, 6) is 0.0959. The van der Waals surface area contributed by atoms with Crippen LogP contribution < -0.4 is 4.72 Å². The van der Waals surface area contributed by atoms with Gasteiger partial charge in [-0.1, -0.05) is 18.2 Å². The van der Waals surface area contributed by atoms with Gasteiger partial charge in [0.25, 0.3) is 10.2 Å². The highest BCUT2D eigenvalue weighted by atomic mass is 32.2. The summed E-state index contributed by atoms with van der Waals surface area (Å²) in [5, 5.41) is 0.934. The van der Waals surface area contributed by atoms with Gasteiger partial charge in [-0.2, -0.15) is 17.4 Å². The summed E-state index contributed by atoms with van der Waals surface area (Å²) in [5.41, 5.74) is 0.726. The van der Waals surface area contributed by atoms with Crippen LogP contribution in [0, 0.1) is 5.92 Å². The van der Waals surface area contributed by atoms with Gasteiger partial charge in [-0.3, -0.25) is 4.79 Å². The van der Waals surface area contributed by atoms with Crippen LogP contribution in [0.2, 0.25) is 0 Å². The molecule has 142 valence electrons. The predicted octanol–water partition coefficient (Wildman–Crippen LogP) is 2.60. The number of nitrogens with one attached hydrogen (secondary N) is 1. The zero-order valence-corrected chi connectivity index (χ0v) is 15.8. The number of hydrogen-bond acceptors (Lipinski definition) is 5. The van der Waals surface area contributed by atoms with Gasteiger partial charge in [0.05, 0.1) is 18.6 Å². The third-order valence-corrected chi connectivity index (χ3v) is 6.31. The minimum Gasteiger partial charge on any atom is -0.466 e. The van der Waals surface area contributed by atoms with Gasteiger partial charge in [0.1, 0.15) is 11.3 Å². The van der Waals surface area contributed by atoms with E-state index >= 15 is 0 Å². The van der Waals surface area contributed by atoms with Crippen molar-refractivity contribution in [3.8, 4) is 0 Å². The fraction of sp³-hybridized carbons (Fsp3) is 0.500. The Morgan fingerprint density at radius 1 is 1.35 bits per heavy atom. The Bertz CT molecular complexity index is 836. The van der Waals surface area contributed by atoms with Gasteiger partial charge in [-0.15, -0.1) is 0 Å². The Kier molecular flexibility index (Phi) is 5.64. The standard InChI is InChI=1S/C18H24N2O5S/c1-3-24-18(21)14-8-10-20(11-9-14)26(22,23)19-13(2)17-12-15-6-4-5-7-16(15)25-17/h4-7,12-14,19H,3,8-11H2,1-2H3/t13-/m0/s1. The second-order valence-electron chi connectivity index (χ2n) is 6.46. The number of carbonyl (C=O) groups is 1. The van der Waals surface area contributed by atoms with Gasteiger partial charge in [-0.05, 0) is 38.8 Å². The number of esters is 1. The summed E-state index contributed by atoms with van der Waals surface area (Å²) in [6.07, 6.45) is 0.942. The number of nitrogens with zero attached hydrogens (tertiary/aromatic N) is 1. The Morgan fingerprint density at radius 2 is 2.04 bits per heavy atom. The molecule has 1 atom stereocenters. The van der Waals surface area contributed by atoms with Crippen LogP contribution in [0.5, 0.6) is 0 Å². The first-order chi connectivity index (χ1) is 12.4. The van der Waals surface area contributed by atoms with Crippen LogP contribution in [0.1, 0.15) is 38.5 Å². The number of benzene rings is 1. The number of furan rings is 1. The molecule has 1 aliphatic rings. The molecule has 1 fully saturated rings. The van der Waals surface area contributed by atoms with Crippen molar-refractivity contribution in [3.05, 3.63) is 36.1 Å². The first-order valence-electron chi connectivity index (χ1n) is 8.83. The lowest BCUT2D eigenvalue weighted by Gasteiger charge is -2.30. The van der Waals surface area contributed by atoms with Crippen LogP contribution in [-0.2, 0) is 19.7 Å². The van der Waals surface area contributed by atoms with Crippen LogP contribution in [0.25, 0.3) is 11.0 Å². The van der Waals surface area contributed by atoms with E-state index in [9.17, 15) is 13.2 Å². The van der Waals surface area contributed by atoms with Crippen molar-refractivity contribution in [3.63, 3.8) is 0 Å². The molecular formula is C18H24N2O5S. The minimum atomic E-state index is -3.66. The largest absolute Gasteiger partial charge is 0.466 e. The van der Waals surface area contributed by atoms with Gasteiger partial charge >= 0.3 is 5.97 Å². The number of fused-ring (bicyclic) bond motifs is 1. The quantitative estimate of drug-likeness (QED) is 0.778. The molecule has 0 amide bonds. The molecule has 0 radical (unpaired) electrons. The summed E-state index contributed by atoms with van der Waals surface area (Å²) in [4.78, 5) is 11.8. The molecule has 2 heterocycles. The third kappa shape index (κ3) is 4.08. The van der Waals surface area contributed by atoms with E-state index in [1.54, 1.807) is 13.8 Å². The van der Waals surface area contributed by atoms with E-state index in [-0.39, 0.29) is 11.9 Å². The summed E-state index contributed by atoms with van der Waals surface area (Å²) < 4.78 is 40.1. The Labute approximate surface area is 153 Å². The fourth-order valence-electron chi connectivity index (χ4n) is 3.16. The second-order valence-corrected chi connectivity index (χ2v) is 8.16. The van der Waals surface area contributed by atoms with Crippen LogP contribution in [0.3, 0.4) is 0 Å². The number of para-hydroxylation sites is 1. The molecule has 1 N–H and O–H groups in total. The zero-order chi connectivity index (χ0) is 18.7. The molecule has 1 saturated heterocycles. The molecule has 8 heteroatoms. The molecule has 1 aromatic heterocycles. The monoisotopic (exact) mass is 380 g/mol. The molecule has 0 unspecified atom stereocenters. The number of piperidine rings is 1. The van der Waals surface area contributed by atoms with Gasteiger partial charge in [0.2, 0.25) is 0 Å². The van der Waals surface area contributed by atoms with Gasteiger partial charge in [0, 0.05) is 18.5 Å². The van der Waals surface area contributed by atoms with Crippen LogP contribution in [0.4, 0.5) is 0 Å². The van der Waals surface area contributed by atoms with Crippen molar-refractivity contribution < 1.29 is 22.4 Å². The van der Waals surface area contributed by atoms with E-state index in [2.05, 4.69) is 4.72 Å². The predicted molar refractivity (Wildman–Crippen MR) is 97.6 cm³/mol. The number of hydrogen-bond donors (Lipinski definition) is 1. The summed E-state index contributed by atoms with van der Waals surface area (Å²) in [7, 11) is -3.66. The van der Waals surface area contributed by atoms with E-state index in [4.69, 9.17) is 9.15 Å². The molecule has 3 rings (SSSR count). The normalized spacial score (nSPS) is 18.1. The van der Waals surface area contributed by atoms with Crippen molar-refractivity contribution in [2.45, 2.75) is 32.7 Å². The fourth-order valence-corrected chi connectivity index (χ4v) is 4.57. The van der Waals surface area contributed by atoms with Crippen molar-refractivity contribution in [2.24, 2.45) is 5.92 Å². The summed E-state index contributed by atoms with van der Waals surface area (Å²) >= 11 is 0. The average molecular weight is 380 g/mol. The molecule has 0 spiro atoms. The molecule has 26 heavy (non-hydrogen) atoms. The molecule has 1 aliphatic heterocycles. The lowest BCUT2D eigenvalue weighted by Crippen LogP contribution is -2.46. The topological polar surface area (TPSA) is 88.8 Å². The van der Waals surface area contributed by atoms with Gasteiger partial charge in [-0.25, -0.2) is 0 Å². The van der Waals surface area contributed by atoms with Gasteiger partial charge < -0.3 is 9.15 Å². The maximum atomic E-state index is 12.6.